The van der Waals surface area contributed by atoms with Crippen LogP contribution in [0.5, 0.6) is 0 Å². The Balaban J connectivity index is 2.06. The molecule has 0 amide bonds. The molecule has 0 aromatic rings. The van der Waals surface area contributed by atoms with Crippen molar-refractivity contribution >= 4 is 0 Å². The van der Waals surface area contributed by atoms with Crippen molar-refractivity contribution in [2.75, 3.05) is 0 Å². The molecule has 1 saturated carbocycles. The number of nitrogens with zero attached hydrogens (tertiary/aromatic N) is 1. The van der Waals surface area contributed by atoms with E-state index in [9.17, 15) is 0 Å². The van der Waals surface area contributed by atoms with E-state index >= 15 is 0 Å². The molecule has 1 saturated heterocycles. The van der Waals surface area contributed by atoms with Crippen molar-refractivity contribution < 1.29 is 0 Å². The molecule has 1 aliphatic carbocycles. The molecule has 2 aliphatic rings. The number of nitrogens with two attached hydrogens (primary N) is 1. The van der Waals surface area contributed by atoms with Crippen molar-refractivity contribution in [1.29, 1.82) is 0 Å². The first-order valence-electron chi connectivity index (χ1n) is 8.33. The third-order valence-corrected chi connectivity index (χ3v) is 4.48. The van der Waals surface area contributed by atoms with Gasteiger partial charge in [-0.15, -0.1) is 0 Å². The zero-order valence-corrected chi connectivity index (χ0v) is 13.4. The van der Waals surface area contributed by atoms with Gasteiger partial charge in [-0.25, -0.2) is 21.3 Å². The summed E-state index contributed by atoms with van der Waals surface area (Å²) < 4.78 is 0. The highest BCUT2D eigenvalue weighted by molar-refractivity contribution is 4.91. The molecule has 2 fully saturated rings. The van der Waals surface area contributed by atoms with Crippen LogP contribution >= 0.6 is 0 Å². The molecule has 0 aromatic carbocycles. The van der Waals surface area contributed by atoms with Crippen LogP contribution in [0.4, 0.5) is 0 Å². The van der Waals surface area contributed by atoms with Crippen LogP contribution < -0.4 is 22.0 Å². The highest BCUT2D eigenvalue weighted by Gasteiger charge is 2.38. The first-order chi connectivity index (χ1) is 9.48. The zero-order valence-electron chi connectivity index (χ0n) is 13.4. The predicted molar refractivity (Wildman–Crippen MR) is 83.5 cm³/mol. The molecule has 5 N–H and O–H groups in total. The lowest BCUT2D eigenvalue weighted by atomic mass is 9.97. The lowest BCUT2D eigenvalue weighted by Gasteiger charge is -2.49. The van der Waals surface area contributed by atoms with Crippen LogP contribution in [0.3, 0.4) is 0 Å². The molecule has 0 spiro atoms. The second kappa shape index (κ2) is 7.18. The Bertz CT molecular complexity index is 278. The molecule has 2 unspecified atom stereocenters. The molecule has 5 heteroatoms. The second-order valence-corrected chi connectivity index (χ2v) is 7.12. The molecular formula is C15H33N5. The number of hydrogen-bond acceptors (Lipinski definition) is 5. The fraction of sp³-hybridized carbons (Fsp3) is 1.00. The van der Waals surface area contributed by atoms with Crippen LogP contribution in [0.25, 0.3) is 0 Å². The molecule has 118 valence electrons. The zero-order chi connectivity index (χ0) is 14.6. The molecule has 0 bridgehead atoms. The van der Waals surface area contributed by atoms with E-state index in [1.54, 1.807) is 0 Å². The van der Waals surface area contributed by atoms with Crippen LogP contribution in [0.1, 0.15) is 72.1 Å². The van der Waals surface area contributed by atoms with Gasteiger partial charge in [0.15, 0.2) is 0 Å². The Morgan fingerprint density at radius 1 is 0.950 bits per heavy atom. The normalized spacial score (nSPS) is 32.4. The Hall–Kier alpha value is -0.200. The standard InChI is InChI=1S/C15H33N5/c1-12-17-18-14(15(2,3)16)20(19-12)13-10-8-6-4-5-7-9-11-13/h12-14,17-19H,4-11,16H2,1-3H3. The first-order valence-corrected chi connectivity index (χ1v) is 8.33. The van der Waals surface area contributed by atoms with Gasteiger partial charge in [0.05, 0.1) is 6.17 Å². The summed E-state index contributed by atoms with van der Waals surface area (Å²) in [5.41, 5.74) is 16.3. The van der Waals surface area contributed by atoms with Gasteiger partial charge < -0.3 is 5.73 Å². The summed E-state index contributed by atoms with van der Waals surface area (Å²) in [5.74, 6) is 0. The van der Waals surface area contributed by atoms with E-state index in [0.29, 0.717) is 6.04 Å². The molecule has 1 heterocycles. The smallest absolute Gasteiger partial charge is 0.104 e. The van der Waals surface area contributed by atoms with Crippen LogP contribution in [0, 0.1) is 0 Å². The van der Waals surface area contributed by atoms with E-state index in [4.69, 9.17) is 5.73 Å². The summed E-state index contributed by atoms with van der Waals surface area (Å²) in [6, 6.07) is 0.581. The summed E-state index contributed by atoms with van der Waals surface area (Å²) in [5, 5.41) is 2.40. The lowest BCUT2D eigenvalue weighted by Crippen LogP contribution is -2.77. The predicted octanol–water partition coefficient (Wildman–Crippen LogP) is 1.81. The van der Waals surface area contributed by atoms with Gasteiger partial charge >= 0.3 is 0 Å². The fourth-order valence-corrected chi connectivity index (χ4v) is 3.35. The van der Waals surface area contributed by atoms with E-state index < -0.39 is 0 Å². The van der Waals surface area contributed by atoms with E-state index in [-0.39, 0.29) is 17.9 Å². The summed E-state index contributed by atoms with van der Waals surface area (Å²) in [4.78, 5) is 0. The largest absolute Gasteiger partial charge is 0.323 e. The second-order valence-electron chi connectivity index (χ2n) is 7.12. The first kappa shape index (κ1) is 16.2. The number of rotatable bonds is 2. The van der Waals surface area contributed by atoms with Crippen LogP contribution in [0.2, 0.25) is 0 Å². The third kappa shape index (κ3) is 4.40. The van der Waals surface area contributed by atoms with Crippen molar-refractivity contribution in [2.24, 2.45) is 5.73 Å². The summed E-state index contributed by atoms with van der Waals surface area (Å²) in [6.07, 6.45) is 11.1. The Labute approximate surface area is 124 Å². The van der Waals surface area contributed by atoms with E-state index in [2.05, 4.69) is 42.1 Å². The topological polar surface area (TPSA) is 65.3 Å². The monoisotopic (exact) mass is 283 g/mol. The van der Waals surface area contributed by atoms with E-state index in [1.807, 2.05) is 0 Å². The summed E-state index contributed by atoms with van der Waals surface area (Å²) in [7, 11) is 0. The van der Waals surface area contributed by atoms with Gasteiger partial charge in [0.25, 0.3) is 0 Å². The van der Waals surface area contributed by atoms with E-state index in [1.165, 1.54) is 51.4 Å². The molecule has 5 nitrogen and oxygen atoms in total. The summed E-state index contributed by atoms with van der Waals surface area (Å²) in [6.45, 7) is 6.31. The molecular weight excluding hydrogens is 250 g/mol. The maximum absolute atomic E-state index is 6.37. The molecule has 0 aromatic heterocycles. The van der Waals surface area contributed by atoms with Crippen molar-refractivity contribution in [3.05, 3.63) is 0 Å². The third-order valence-electron chi connectivity index (χ3n) is 4.48. The average Bonchev–Trinajstić information content (AvgIpc) is 2.50. The van der Waals surface area contributed by atoms with Crippen LogP contribution in [0.15, 0.2) is 0 Å². The maximum atomic E-state index is 6.37. The van der Waals surface area contributed by atoms with Crippen molar-refractivity contribution in [1.82, 2.24) is 21.3 Å². The SMILES string of the molecule is CC1NNC(C(C)(C)N)N(C2CCCCCCCC2)N1. The van der Waals surface area contributed by atoms with Gasteiger partial charge in [0, 0.05) is 11.6 Å². The van der Waals surface area contributed by atoms with Gasteiger partial charge in [0.2, 0.25) is 0 Å². The Kier molecular flexibility index (Phi) is 5.81. The minimum atomic E-state index is -0.293. The van der Waals surface area contributed by atoms with Crippen LogP contribution in [-0.2, 0) is 0 Å². The number of hydrazine groups is 2. The molecule has 20 heavy (non-hydrogen) atoms. The molecule has 2 rings (SSSR count). The molecule has 1 aliphatic heterocycles. The number of hydrogen-bond donors (Lipinski definition) is 4. The van der Waals surface area contributed by atoms with Crippen molar-refractivity contribution in [3.8, 4) is 0 Å². The summed E-state index contributed by atoms with van der Waals surface area (Å²) >= 11 is 0. The Morgan fingerprint density at radius 3 is 2.05 bits per heavy atom. The Morgan fingerprint density at radius 2 is 1.50 bits per heavy atom. The minimum absolute atomic E-state index is 0.115. The van der Waals surface area contributed by atoms with Gasteiger partial charge in [-0.05, 0) is 33.6 Å². The van der Waals surface area contributed by atoms with Gasteiger partial charge in [-0.1, -0.05) is 38.5 Å². The van der Waals surface area contributed by atoms with Gasteiger partial charge in [0.1, 0.15) is 6.17 Å². The highest BCUT2D eigenvalue weighted by atomic mass is 15.7. The minimum Gasteiger partial charge on any atom is -0.323 e. The van der Waals surface area contributed by atoms with Gasteiger partial charge in [-0.2, -0.15) is 0 Å². The van der Waals surface area contributed by atoms with Crippen molar-refractivity contribution in [2.45, 2.75) is 96.1 Å². The van der Waals surface area contributed by atoms with Gasteiger partial charge in [-0.3, -0.25) is 0 Å². The molecule has 2 atom stereocenters. The lowest BCUT2D eigenvalue weighted by molar-refractivity contribution is -0.0556. The molecule has 0 radical (unpaired) electrons. The maximum Gasteiger partial charge on any atom is 0.104 e. The quantitative estimate of drug-likeness (QED) is 0.622. The van der Waals surface area contributed by atoms with Crippen molar-refractivity contribution in [3.63, 3.8) is 0 Å². The van der Waals surface area contributed by atoms with Crippen LogP contribution in [-0.4, -0.2) is 28.9 Å². The highest BCUT2D eigenvalue weighted by Crippen LogP contribution is 2.24. The fourth-order valence-electron chi connectivity index (χ4n) is 3.35. The van der Waals surface area contributed by atoms with E-state index in [0.717, 1.165) is 0 Å². The average molecular weight is 283 g/mol. The number of nitrogens with one attached hydrogen (secondary N) is 3.